The molecule has 3 saturated carbocycles. The van der Waals surface area contributed by atoms with Gasteiger partial charge in [0.1, 0.15) is 17.8 Å². The van der Waals surface area contributed by atoms with E-state index in [4.69, 9.17) is 0 Å². The molecule has 0 spiro atoms. The van der Waals surface area contributed by atoms with Gasteiger partial charge in [-0.3, -0.25) is 9.67 Å². The summed E-state index contributed by atoms with van der Waals surface area (Å²) in [7, 11) is 0. The predicted octanol–water partition coefficient (Wildman–Crippen LogP) is 5.89. The van der Waals surface area contributed by atoms with Crippen molar-refractivity contribution in [2.24, 2.45) is 23.2 Å². The quantitative estimate of drug-likeness (QED) is 0.300. The molecule has 2 aromatic carbocycles. The van der Waals surface area contributed by atoms with Crippen molar-refractivity contribution in [2.75, 3.05) is 17.2 Å². The Morgan fingerprint density at radius 2 is 1.79 bits per heavy atom. The van der Waals surface area contributed by atoms with Crippen molar-refractivity contribution in [2.45, 2.75) is 46.2 Å². The summed E-state index contributed by atoms with van der Waals surface area (Å²) >= 11 is 0. The second-order valence-corrected chi connectivity index (χ2v) is 12.1. The molecule has 4 aromatic rings. The minimum atomic E-state index is -0.266. The molecule has 1 atom stereocenters. The van der Waals surface area contributed by atoms with E-state index >= 15 is 0 Å². The summed E-state index contributed by atoms with van der Waals surface area (Å²) in [6.07, 6.45) is 6.33. The number of nitrogens with one attached hydrogen (secondary N) is 2. The Kier molecular flexibility index (Phi) is 6.19. The molecule has 3 fully saturated rings. The van der Waals surface area contributed by atoms with Gasteiger partial charge in [0.15, 0.2) is 0 Å². The van der Waals surface area contributed by atoms with Crippen LogP contribution in [0.5, 0.6) is 0 Å². The molecule has 2 aromatic heterocycles. The number of aromatic nitrogens is 4. The standard InChI is InChI=1S/C31H32N8/c1-31(2,3)18-35-29-23(14-33)15-34-28-22(13-32)11-24(12-25(28)29)36-30(19-7-5-4-6-8-19)27-17-39(38-37-27)16-26-20-9-21(26)10-20/h4-8,11-12,15,17,20-21,26,30,36H,9-10,16,18H2,1-3H3,(H,34,35)/t20?,21?,26?,30-/m0/s1. The molecule has 0 amide bonds. The summed E-state index contributed by atoms with van der Waals surface area (Å²) in [6.45, 7) is 7.99. The van der Waals surface area contributed by atoms with E-state index in [1.807, 2.05) is 41.2 Å². The molecule has 8 nitrogen and oxygen atoms in total. The number of nitrogens with zero attached hydrogens (tertiary/aromatic N) is 6. The van der Waals surface area contributed by atoms with E-state index in [2.05, 4.69) is 71.0 Å². The van der Waals surface area contributed by atoms with Crippen LogP contribution >= 0.6 is 0 Å². The van der Waals surface area contributed by atoms with Crippen molar-refractivity contribution in [3.05, 3.63) is 77.2 Å². The molecule has 8 heteroatoms. The van der Waals surface area contributed by atoms with E-state index in [1.165, 1.54) is 12.8 Å². The van der Waals surface area contributed by atoms with E-state index in [-0.39, 0.29) is 11.5 Å². The largest absolute Gasteiger partial charge is 0.383 e. The molecule has 2 bridgehead atoms. The van der Waals surface area contributed by atoms with Gasteiger partial charge in [-0.2, -0.15) is 10.5 Å². The Labute approximate surface area is 228 Å². The number of rotatable bonds is 8. The SMILES string of the molecule is CC(C)(C)CNc1c(C#N)cnc2c(C#N)cc(N[C@@H](c3ccccc3)c3cn(CC4C5CC4C5)nn3)cc12. The van der Waals surface area contributed by atoms with E-state index < -0.39 is 0 Å². The van der Waals surface area contributed by atoms with Crippen molar-refractivity contribution in [3.63, 3.8) is 0 Å². The molecule has 0 aliphatic heterocycles. The smallest absolute Gasteiger partial charge is 0.109 e. The Hall–Kier alpha value is -4.43. The van der Waals surface area contributed by atoms with Crippen LogP contribution in [0.4, 0.5) is 11.4 Å². The highest BCUT2D eigenvalue weighted by Gasteiger charge is 2.52. The Bertz CT molecular complexity index is 1590. The number of fused-ring (bicyclic) bond motifs is 1. The number of benzene rings is 2. The average molecular weight is 517 g/mol. The molecule has 0 saturated heterocycles. The Morgan fingerprint density at radius 3 is 2.44 bits per heavy atom. The van der Waals surface area contributed by atoms with Crippen molar-refractivity contribution in [3.8, 4) is 12.1 Å². The molecule has 0 unspecified atom stereocenters. The van der Waals surface area contributed by atoms with Crippen molar-refractivity contribution in [1.29, 1.82) is 10.5 Å². The highest BCUT2D eigenvalue weighted by Crippen LogP contribution is 2.59. The summed E-state index contributed by atoms with van der Waals surface area (Å²) < 4.78 is 1.98. The van der Waals surface area contributed by atoms with Gasteiger partial charge in [-0.25, -0.2) is 0 Å². The van der Waals surface area contributed by atoms with Gasteiger partial charge in [0.25, 0.3) is 0 Å². The number of anilines is 2. The molecular weight excluding hydrogens is 484 g/mol. The fourth-order valence-electron chi connectivity index (χ4n) is 5.69. The van der Waals surface area contributed by atoms with Crippen LogP contribution in [0.15, 0.2) is 54.9 Å². The van der Waals surface area contributed by atoms with Gasteiger partial charge in [-0.15, -0.1) is 5.10 Å². The molecule has 2 heterocycles. The minimum Gasteiger partial charge on any atom is -0.383 e. The lowest BCUT2D eigenvalue weighted by atomic mass is 9.48. The molecule has 39 heavy (non-hydrogen) atoms. The summed E-state index contributed by atoms with van der Waals surface area (Å²) in [4.78, 5) is 4.48. The van der Waals surface area contributed by atoms with Gasteiger partial charge in [-0.05, 0) is 53.7 Å². The van der Waals surface area contributed by atoms with Gasteiger partial charge >= 0.3 is 0 Å². The molecule has 196 valence electrons. The first-order valence-corrected chi connectivity index (χ1v) is 13.6. The van der Waals surface area contributed by atoms with Gasteiger partial charge in [0, 0.05) is 30.4 Å². The van der Waals surface area contributed by atoms with Crippen LogP contribution in [0.3, 0.4) is 0 Å². The van der Waals surface area contributed by atoms with Crippen molar-refractivity contribution in [1.82, 2.24) is 20.0 Å². The second kappa shape index (κ2) is 9.71. The molecule has 3 aliphatic rings. The van der Waals surface area contributed by atoms with Crippen LogP contribution in [0.2, 0.25) is 0 Å². The summed E-state index contributed by atoms with van der Waals surface area (Å²) in [6, 6.07) is 18.2. The lowest BCUT2D eigenvalue weighted by Gasteiger charge is -2.58. The lowest BCUT2D eigenvalue weighted by molar-refractivity contribution is -0.0915. The number of hydrogen-bond acceptors (Lipinski definition) is 7. The Balaban J connectivity index is 1.38. The highest BCUT2D eigenvalue weighted by atomic mass is 15.4. The maximum Gasteiger partial charge on any atom is 0.109 e. The van der Waals surface area contributed by atoms with E-state index in [0.29, 0.717) is 28.9 Å². The third kappa shape index (κ3) is 4.79. The third-order valence-electron chi connectivity index (χ3n) is 8.12. The lowest BCUT2D eigenvalue weighted by Crippen LogP contribution is -2.52. The van der Waals surface area contributed by atoms with Crippen LogP contribution in [0.25, 0.3) is 10.9 Å². The van der Waals surface area contributed by atoms with Crippen LogP contribution in [0, 0.1) is 45.8 Å². The van der Waals surface area contributed by atoms with Gasteiger partial charge < -0.3 is 10.6 Å². The molecular formula is C31H32N8. The maximum atomic E-state index is 10.0. The zero-order valence-corrected chi connectivity index (χ0v) is 22.5. The van der Waals surface area contributed by atoms with Gasteiger partial charge in [0.2, 0.25) is 0 Å². The van der Waals surface area contributed by atoms with E-state index in [0.717, 1.165) is 46.6 Å². The van der Waals surface area contributed by atoms with Crippen LogP contribution < -0.4 is 10.6 Å². The number of nitriles is 2. The zero-order chi connectivity index (χ0) is 27.1. The first-order chi connectivity index (χ1) is 18.8. The fourth-order valence-corrected chi connectivity index (χ4v) is 5.69. The fraction of sp³-hybridized carbons (Fsp3) is 0.387. The van der Waals surface area contributed by atoms with Gasteiger partial charge in [-0.1, -0.05) is 56.3 Å². The zero-order valence-electron chi connectivity index (χ0n) is 22.5. The van der Waals surface area contributed by atoms with Crippen LogP contribution in [-0.2, 0) is 6.54 Å². The summed E-state index contributed by atoms with van der Waals surface area (Å²) in [5.41, 5.74) is 4.77. The van der Waals surface area contributed by atoms with Crippen LogP contribution in [0.1, 0.15) is 62.0 Å². The van der Waals surface area contributed by atoms with Crippen molar-refractivity contribution < 1.29 is 0 Å². The van der Waals surface area contributed by atoms with Gasteiger partial charge in [0.05, 0.1) is 34.6 Å². The molecule has 2 N–H and O–H groups in total. The third-order valence-corrected chi connectivity index (χ3v) is 8.12. The predicted molar refractivity (Wildman–Crippen MR) is 151 cm³/mol. The summed E-state index contributed by atoms with van der Waals surface area (Å²) in [5.74, 6) is 2.46. The normalized spacial score (nSPS) is 20.3. The first kappa shape index (κ1) is 24.9. The van der Waals surface area contributed by atoms with E-state index in [9.17, 15) is 10.5 Å². The average Bonchev–Trinajstić information content (AvgIpc) is 3.36. The molecule has 0 radical (unpaired) electrons. The highest BCUT2D eigenvalue weighted by molar-refractivity contribution is 5.99. The topological polar surface area (TPSA) is 115 Å². The second-order valence-electron chi connectivity index (χ2n) is 12.1. The van der Waals surface area contributed by atoms with E-state index in [1.54, 1.807) is 6.20 Å². The minimum absolute atomic E-state index is 0.000456. The number of pyridine rings is 1. The molecule has 3 aliphatic carbocycles. The number of hydrogen-bond donors (Lipinski definition) is 2. The molecule has 7 rings (SSSR count). The summed E-state index contributed by atoms with van der Waals surface area (Å²) in [5, 5.41) is 36.7. The maximum absolute atomic E-state index is 10.0. The Morgan fingerprint density at radius 1 is 1.05 bits per heavy atom. The van der Waals surface area contributed by atoms with Crippen LogP contribution in [-0.4, -0.2) is 26.5 Å². The van der Waals surface area contributed by atoms with Crippen molar-refractivity contribution >= 4 is 22.3 Å². The first-order valence-electron chi connectivity index (χ1n) is 13.6. The monoisotopic (exact) mass is 516 g/mol.